The van der Waals surface area contributed by atoms with Gasteiger partial charge in [-0.1, -0.05) is 18.2 Å². The van der Waals surface area contributed by atoms with Gasteiger partial charge in [0, 0.05) is 26.7 Å². The highest BCUT2D eigenvalue weighted by molar-refractivity contribution is 7.89. The van der Waals surface area contributed by atoms with Gasteiger partial charge in [-0.3, -0.25) is 0 Å². The Morgan fingerprint density at radius 1 is 1.37 bits per heavy atom. The van der Waals surface area contributed by atoms with E-state index in [4.69, 9.17) is 4.74 Å². The second kappa shape index (κ2) is 7.00. The van der Waals surface area contributed by atoms with E-state index in [2.05, 4.69) is 5.32 Å². The minimum Gasteiger partial charge on any atom is -0.383 e. The first-order valence-electron chi connectivity index (χ1n) is 6.14. The number of likely N-dealkylation sites (N-methyl/N-ethyl adjacent to an activating group) is 1. The van der Waals surface area contributed by atoms with E-state index in [1.54, 1.807) is 33.3 Å². The molecular weight excluding hydrogens is 264 g/mol. The van der Waals surface area contributed by atoms with Crippen molar-refractivity contribution in [3.8, 4) is 0 Å². The van der Waals surface area contributed by atoms with Gasteiger partial charge in [0.15, 0.2) is 0 Å². The van der Waals surface area contributed by atoms with Crippen LogP contribution in [0.2, 0.25) is 0 Å². The van der Waals surface area contributed by atoms with E-state index in [1.807, 2.05) is 19.1 Å². The first kappa shape index (κ1) is 16.1. The van der Waals surface area contributed by atoms with Gasteiger partial charge in [0.25, 0.3) is 0 Å². The largest absolute Gasteiger partial charge is 0.383 e. The monoisotopic (exact) mass is 286 g/mol. The number of hydrogen-bond donors (Lipinski definition) is 1. The van der Waals surface area contributed by atoms with E-state index >= 15 is 0 Å². The Morgan fingerprint density at radius 2 is 2.00 bits per heavy atom. The summed E-state index contributed by atoms with van der Waals surface area (Å²) in [5.41, 5.74) is 0.765. The van der Waals surface area contributed by atoms with Crippen LogP contribution in [0.3, 0.4) is 0 Å². The maximum atomic E-state index is 12.6. The lowest BCUT2D eigenvalue weighted by Gasteiger charge is -2.24. The molecule has 0 heterocycles. The molecule has 1 aromatic carbocycles. The Balaban J connectivity index is 3.12. The molecular formula is C13H22N2O3S. The molecule has 1 unspecified atom stereocenters. The van der Waals surface area contributed by atoms with E-state index in [0.717, 1.165) is 5.56 Å². The molecule has 0 amide bonds. The predicted molar refractivity (Wildman–Crippen MR) is 75.5 cm³/mol. The molecule has 0 bridgehead atoms. The van der Waals surface area contributed by atoms with Crippen LogP contribution in [-0.2, 0) is 21.3 Å². The average Bonchev–Trinajstić information content (AvgIpc) is 2.39. The zero-order valence-corrected chi connectivity index (χ0v) is 12.7. The van der Waals surface area contributed by atoms with Gasteiger partial charge >= 0.3 is 0 Å². The van der Waals surface area contributed by atoms with Crippen molar-refractivity contribution in [1.29, 1.82) is 0 Å². The fraction of sp³-hybridized carbons (Fsp3) is 0.538. The van der Waals surface area contributed by atoms with E-state index in [1.165, 1.54) is 4.31 Å². The van der Waals surface area contributed by atoms with Gasteiger partial charge in [0.1, 0.15) is 0 Å². The molecule has 0 aromatic heterocycles. The van der Waals surface area contributed by atoms with Crippen molar-refractivity contribution < 1.29 is 13.2 Å². The van der Waals surface area contributed by atoms with Gasteiger partial charge in [-0.05, 0) is 25.6 Å². The van der Waals surface area contributed by atoms with Gasteiger partial charge in [-0.15, -0.1) is 0 Å². The Hall–Kier alpha value is -0.950. The predicted octanol–water partition coefficient (Wildman–Crippen LogP) is 1.06. The Labute approximate surface area is 115 Å². The van der Waals surface area contributed by atoms with Gasteiger partial charge in [-0.2, -0.15) is 4.31 Å². The zero-order valence-electron chi connectivity index (χ0n) is 11.9. The zero-order chi connectivity index (χ0) is 14.5. The smallest absolute Gasteiger partial charge is 0.243 e. The first-order chi connectivity index (χ1) is 8.95. The standard InChI is InChI=1S/C13H22N2O3S/c1-11(10-18-4)15(3)19(16,17)13-8-6-5-7-12(13)9-14-2/h5-8,11,14H,9-10H2,1-4H3. The van der Waals surface area contributed by atoms with Crippen molar-refractivity contribution in [1.82, 2.24) is 9.62 Å². The number of sulfonamides is 1. The summed E-state index contributed by atoms with van der Waals surface area (Å²) in [6.07, 6.45) is 0. The van der Waals surface area contributed by atoms with Gasteiger partial charge in [-0.25, -0.2) is 8.42 Å². The summed E-state index contributed by atoms with van der Waals surface area (Å²) >= 11 is 0. The number of methoxy groups -OCH3 is 1. The summed E-state index contributed by atoms with van der Waals surface area (Å²) in [6, 6.07) is 6.82. The Morgan fingerprint density at radius 3 is 2.58 bits per heavy atom. The number of nitrogens with one attached hydrogen (secondary N) is 1. The second-order valence-corrected chi connectivity index (χ2v) is 6.43. The fourth-order valence-corrected chi connectivity index (χ4v) is 3.40. The minimum absolute atomic E-state index is 0.211. The molecule has 0 aliphatic rings. The van der Waals surface area contributed by atoms with Gasteiger partial charge < -0.3 is 10.1 Å². The highest BCUT2D eigenvalue weighted by Crippen LogP contribution is 2.20. The van der Waals surface area contributed by atoms with Crippen LogP contribution in [0.1, 0.15) is 12.5 Å². The third-order valence-electron chi connectivity index (χ3n) is 3.03. The third-order valence-corrected chi connectivity index (χ3v) is 5.10. The van der Waals surface area contributed by atoms with Gasteiger partial charge in [0.05, 0.1) is 11.5 Å². The Kier molecular flexibility index (Phi) is 5.93. The van der Waals surface area contributed by atoms with Gasteiger partial charge in [0.2, 0.25) is 10.0 Å². The summed E-state index contributed by atoms with van der Waals surface area (Å²) in [4.78, 5) is 0.342. The molecule has 1 aromatic rings. The summed E-state index contributed by atoms with van der Waals surface area (Å²) in [5.74, 6) is 0. The lowest BCUT2D eigenvalue weighted by atomic mass is 10.2. The Bertz CT molecular complexity index is 502. The van der Waals surface area contributed by atoms with Crippen molar-refractivity contribution in [2.45, 2.75) is 24.4 Å². The number of ether oxygens (including phenoxy) is 1. The lowest BCUT2D eigenvalue weighted by Crippen LogP contribution is -2.38. The number of hydrogen-bond acceptors (Lipinski definition) is 4. The normalized spacial score (nSPS) is 13.7. The highest BCUT2D eigenvalue weighted by Gasteiger charge is 2.27. The average molecular weight is 286 g/mol. The molecule has 1 rings (SSSR count). The van der Waals surface area contributed by atoms with Crippen LogP contribution in [0.15, 0.2) is 29.2 Å². The summed E-state index contributed by atoms with van der Waals surface area (Å²) in [6.45, 7) is 2.70. The second-order valence-electron chi connectivity index (χ2n) is 4.46. The van der Waals surface area contributed by atoms with Crippen molar-refractivity contribution >= 4 is 10.0 Å². The van der Waals surface area contributed by atoms with Crippen LogP contribution in [0.4, 0.5) is 0 Å². The van der Waals surface area contributed by atoms with Crippen LogP contribution < -0.4 is 5.32 Å². The van der Waals surface area contributed by atoms with Crippen molar-refractivity contribution in [2.24, 2.45) is 0 Å². The fourth-order valence-electron chi connectivity index (χ4n) is 1.83. The summed E-state index contributed by atoms with van der Waals surface area (Å²) in [5, 5.41) is 2.98. The van der Waals surface area contributed by atoms with Crippen LogP contribution in [0.25, 0.3) is 0 Å². The molecule has 0 fully saturated rings. The number of nitrogens with zero attached hydrogens (tertiary/aromatic N) is 1. The molecule has 0 saturated heterocycles. The van der Waals surface area contributed by atoms with Crippen molar-refractivity contribution in [3.05, 3.63) is 29.8 Å². The quantitative estimate of drug-likeness (QED) is 0.814. The maximum Gasteiger partial charge on any atom is 0.243 e. The topological polar surface area (TPSA) is 58.6 Å². The van der Waals surface area contributed by atoms with Crippen LogP contribution in [0.5, 0.6) is 0 Å². The number of rotatable bonds is 7. The molecule has 5 nitrogen and oxygen atoms in total. The molecule has 19 heavy (non-hydrogen) atoms. The van der Waals surface area contributed by atoms with Crippen molar-refractivity contribution in [2.75, 3.05) is 27.8 Å². The molecule has 1 N–H and O–H groups in total. The summed E-state index contributed by atoms with van der Waals surface area (Å²) in [7, 11) is 1.43. The SMILES string of the molecule is CNCc1ccccc1S(=O)(=O)N(C)C(C)COC. The molecule has 0 aliphatic carbocycles. The minimum atomic E-state index is -3.50. The van der Waals surface area contributed by atoms with Crippen molar-refractivity contribution in [3.63, 3.8) is 0 Å². The van der Waals surface area contributed by atoms with E-state index in [0.29, 0.717) is 18.0 Å². The van der Waals surface area contributed by atoms with Crippen LogP contribution >= 0.6 is 0 Å². The van der Waals surface area contributed by atoms with E-state index in [9.17, 15) is 8.42 Å². The van der Waals surface area contributed by atoms with E-state index in [-0.39, 0.29) is 6.04 Å². The van der Waals surface area contributed by atoms with E-state index < -0.39 is 10.0 Å². The molecule has 108 valence electrons. The third kappa shape index (κ3) is 3.76. The molecule has 1 atom stereocenters. The first-order valence-corrected chi connectivity index (χ1v) is 7.58. The molecule has 0 saturated carbocycles. The molecule has 6 heteroatoms. The number of benzene rings is 1. The lowest BCUT2D eigenvalue weighted by molar-refractivity contribution is 0.149. The highest BCUT2D eigenvalue weighted by atomic mass is 32.2. The van der Waals surface area contributed by atoms with Crippen LogP contribution in [-0.4, -0.2) is 46.6 Å². The maximum absolute atomic E-state index is 12.6. The van der Waals surface area contributed by atoms with Crippen LogP contribution in [0, 0.1) is 0 Å². The molecule has 0 spiro atoms. The molecule has 0 aliphatic heterocycles. The molecule has 0 radical (unpaired) electrons. The summed E-state index contributed by atoms with van der Waals surface area (Å²) < 4.78 is 31.5.